The van der Waals surface area contributed by atoms with E-state index in [2.05, 4.69) is 19.2 Å². The van der Waals surface area contributed by atoms with Gasteiger partial charge in [0, 0.05) is 10.7 Å². The minimum absolute atomic E-state index is 0.304. The average Bonchev–Trinajstić information content (AvgIpc) is 2.54. The quantitative estimate of drug-likeness (QED) is 0.742. The number of amides is 1. The van der Waals surface area contributed by atoms with Crippen LogP contribution < -0.4 is 10.1 Å². The van der Waals surface area contributed by atoms with E-state index in [0.717, 1.165) is 17.7 Å². The Bertz CT molecular complexity index is 716. The van der Waals surface area contributed by atoms with Crippen LogP contribution in [0.1, 0.15) is 42.1 Å². The van der Waals surface area contributed by atoms with Crippen molar-refractivity contribution in [2.24, 2.45) is 0 Å². The lowest BCUT2D eigenvalue weighted by Crippen LogP contribution is -2.15. The van der Waals surface area contributed by atoms with Crippen molar-refractivity contribution in [2.45, 2.75) is 26.2 Å². The van der Waals surface area contributed by atoms with E-state index in [1.54, 1.807) is 12.1 Å². The summed E-state index contributed by atoms with van der Waals surface area (Å²) in [6.07, 6.45) is 0.985. The molecule has 0 spiro atoms. The van der Waals surface area contributed by atoms with Crippen molar-refractivity contribution in [1.29, 1.82) is 0 Å². The van der Waals surface area contributed by atoms with E-state index in [0.29, 0.717) is 27.3 Å². The molecule has 3 nitrogen and oxygen atoms in total. The molecule has 0 saturated heterocycles. The Morgan fingerprint density at radius 1 is 1.26 bits per heavy atom. The van der Waals surface area contributed by atoms with Crippen LogP contribution in [0.5, 0.6) is 5.75 Å². The van der Waals surface area contributed by atoms with Crippen LogP contribution in [0.25, 0.3) is 0 Å². The van der Waals surface area contributed by atoms with E-state index in [1.165, 1.54) is 7.11 Å². The molecular weight excluding hydrogens is 333 g/mol. The lowest BCUT2D eigenvalue weighted by atomic mass is 9.96. The summed E-state index contributed by atoms with van der Waals surface area (Å²) in [7, 11) is 1.47. The molecule has 2 rings (SSSR count). The van der Waals surface area contributed by atoms with Gasteiger partial charge in [-0.1, -0.05) is 55.2 Å². The SMILES string of the molecule is CCC(C)c1ccccc1NC(=O)c1cc(Cl)cc(Cl)c1OC. The van der Waals surface area contributed by atoms with Gasteiger partial charge in [0.1, 0.15) is 5.75 Å². The lowest BCUT2D eigenvalue weighted by Gasteiger charge is -2.17. The van der Waals surface area contributed by atoms with Gasteiger partial charge in [-0.25, -0.2) is 0 Å². The number of para-hydroxylation sites is 1. The third kappa shape index (κ3) is 3.98. The number of rotatable bonds is 5. The van der Waals surface area contributed by atoms with Crippen LogP contribution in [-0.4, -0.2) is 13.0 Å². The highest BCUT2D eigenvalue weighted by Gasteiger charge is 2.18. The number of hydrogen-bond donors (Lipinski definition) is 1. The third-order valence-electron chi connectivity index (χ3n) is 3.81. The van der Waals surface area contributed by atoms with Gasteiger partial charge in [0.2, 0.25) is 0 Å². The first-order valence-corrected chi connectivity index (χ1v) is 8.16. The van der Waals surface area contributed by atoms with Crippen molar-refractivity contribution in [3.05, 3.63) is 57.6 Å². The van der Waals surface area contributed by atoms with Gasteiger partial charge >= 0.3 is 0 Å². The summed E-state index contributed by atoms with van der Waals surface area (Å²) in [4.78, 5) is 12.7. The summed E-state index contributed by atoms with van der Waals surface area (Å²) in [6.45, 7) is 4.24. The van der Waals surface area contributed by atoms with E-state index in [1.807, 2.05) is 24.3 Å². The van der Waals surface area contributed by atoms with E-state index >= 15 is 0 Å². The van der Waals surface area contributed by atoms with Gasteiger partial charge in [-0.05, 0) is 36.1 Å². The molecule has 0 aromatic heterocycles. The first kappa shape index (κ1) is 17.6. The molecule has 0 heterocycles. The van der Waals surface area contributed by atoms with E-state index < -0.39 is 0 Å². The molecule has 0 saturated carbocycles. The van der Waals surface area contributed by atoms with Crippen LogP contribution in [-0.2, 0) is 0 Å². The topological polar surface area (TPSA) is 38.3 Å². The van der Waals surface area contributed by atoms with E-state index in [9.17, 15) is 4.79 Å². The maximum Gasteiger partial charge on any atom is 0.259 e. The zero-order valence-electron chi connectivity index (χ0n) is 13.3. The molecule has 1 N–H and O–H groups in total. The Morgan fingerprint density at radius 3 is 2.61 bits per heavy atom. The predicted molar refractivity (Wildman–Crippen MR) is 96.1 cm³/mol. The van der Waals surface area contributed by atoms with Crippen LogP contribution in [0, 0.1) is 0 Å². The Morgan fingerprint density at radius 2 is 1.96 bits per heavy atom. The number of hydrogen-bond acceptors (Lipinski definition) is 2. The molecule has 2 aromatic carbocycles. The van der Waals surface area contributed by atoms with Crippen LogP contribution in [0.15, 0.2) is 36.4 Å². The van der Waals surface area contributed by atoms with Gasteiger partial charge in [0.05, 0.1) is 17.7 Å². The van der Waals surface area contributed by atoms with Crippen molar-refractivity contribution in [2.75, 3.05) is 12.4 Å². The third-order valence-corrected chi connectivity index (χ3v) is 4.31. The molecule has 0 bridgehead atoms. The maximum atomic E-state index is 12.7. The Balaban J connectivity index is 2.38. The van der Waals surface area contributed by atoms with Crippen LogP contribution in [0.3, 0.4) is 0 Å². The number of ether oxygens (including phenoxy) is 1. The van der Waals surface area contributed by atoms with Gasteiger partial charge < -0.3 is 10.1 Å². The van der Waals surface area contributed by atoms with Crippen LogP contribution in [0.2, 0.25) is 10.0 Å². The summed E-state index contributed by atoms with van der Waals surface area (Å²) in [5.41, 5.74) is 2.18. The molecule has 2 aromatic rings. The summed E-state index contributed by atoms with van der Waals surface area (Å²) in [6, 6.07) is 10.9. The van der Waals surface area contributed by atoms with Gasteiger partial charge in [0.25, 0.3) is 5.91 Å². The molecule has 0 aliphatic rings. The number of halogens is 2. The van der Waals surface area contributed by atoms with Crippen LogP contribution in [0.4, 0.5) is 5.69 Å². The number of nitrogens with one attached hydrogen (secondary N) is 1. The minimum Gasteiger partial charge on any atom is -0.494 e. The number of carbonyl (C=O) groups is 1. The molecule has 122 valence electrons. The van der Waals surface area contributed by atoms with E-state index in [-0.39, 0.29) is 5.91 Å². The number of benzene rings is 2. The zero-order valence-corrected chi connectivity index (χ0v) is 14.8. The standard InChI is InChI=1S/C18H19Cl2NO2/c1-4-11(2)13-7-5-6-8-16(13)21-18(22)14-9-12(19)10-15(20)17(14)23-3/h5-11H,4H2,1-3H3,(H,21,22). The van der Waals surface area contributed by atoms with Gasteiger partial charge in [0.15, 0.2) is 0 Å². The van der Waals surface area contributed by atoms with Crippen molar-refractivity contribution in [3.8, 4) is 5.75 Å². The monoisotopic (exact) mass is 351 g/mol. The summed E-state index contributed by atoms with van der Waals surface area (Å²) >= 11 is 12.1. The smallest absolute Gasteiger partial charge is 0.259 e. The van der Waals surface area contributed by atoms with Crippen molar-refractivity contribution in [3.63, 3.8) is 0 Å². The maximum absolute atomic E-state index is 12.7. The first-order valence-electron chi connectivity index (χ1n) is 7.41. The average molecular weight is 352 g/mol. The molecule has 0 fully saturated rings. The van der Waals surface area contributed by atoms with Gasteiger partial charge in [-0.2, -0.15) is 0 Å². The molecule has 0 radical (unpaired) electrons. The number of anilines is 1. The molecular formula is C18H19Cl2NO2. The summed E-state index contributed by atoms with van der Waals surface area (Å²) < 4.78 is 5.24. The molecule has 0 aliphatic carbocycles. The minimum atomic E-state index is -0.304. The number of carbonyl (C=O) groups excluding carboxylic acids is 1. The predicted octanol–water partition coefficient (Wildman–Crippen LogP) is 5.77. The fraction of sp³-hybridized carbons (Fsp3) is 0.278. The van der Waals surface area contributed by atoms with Gasteiger partial charge in [-0.3, -0.25) is 4.79 Å². The van der Waals surface area contributed by atoms with Crippen molar-refractivity contribution < 1.29 is 9.53 Å². The molecule has 5 heteroatoms. The lowest BCUT2D eigenvalue weighted by molar-refractivity contribution is 0.102. The number of methoxy groups -OCH3 is 1. The molecule has 1 atom stereocenters. The highest BCUT2D eigenvalue weighted by molar-refractivity contribution is 6.36. The molecule has 0 aliphatic heterocycles. The molecule has 23 heavy (non-hydrogen) atoms. The Kier molecular flexibility index (Phi) is 5.91. The second-order valence-electron chi connectivity index (χ2n) is 5.32. The second kappa shape index (κ2) is 7.71. The summed E-state index contributed by atoms with van der Waals surface area (Å²) in [5, 5.41) is 3.63. The van der Waals surface area contributed by atoms with Crippen molar-refractivity contribution in [1.82, 2.24) is 0 Å². The fourth-order valence-electron chi connectivity index (χ4n) is 2.39. The Labute approximate surface area is 146 Å². The Hall–Kier alpha value is -1.71. The highest BCUT2D eigenvalue weighted by atomic mass is 35.5. The molecule has 1 unspecified atom stereocenters. The van der Waals surface area contributed by atoms with Crippen molar-refractivity contribution >= 4 is 34.8 Å². The van der Waals surface area contributed by atoms with Gasteiger partial charge in [-0.15, -0.1) is 0 Å². The second-order valence-corrected chi connectivity index (χ2v) is 6.16. The normalized spacial score (nSPS) is 11.9. The fourth-order valence-corrected chi connectivity index (χ4v) is 2.96. The molecule has 1 amide bonds. The van der Waals surface area contributed by atoms with Crippen LogP contribution >= 0.6 is 23.2 Å². The summed E-state index contributed by atoms with van der Waals surface area (Å²) in [5.74, 6) is 0.355. The zero-order chi connectivity index (χ0) is 17.0. The first-order chi connectivity index (χ1) is 11.0. The highest BCUT2D eigenvalue weighted by Crippen LogP contribution is 2.33. The van der Waals surface area contributed by atoms with E-state index in [4.69, 9.17) is 27.9 Å². The largest absolute Gasteiger partial charge is 0.494 e.